The van der Waals surface area contributed by atoms with E-state index >= 15 is 0 Å². The van der Waals surface area contributed by atoms with Crippen molar-refractivity contribution >= 4 is 10.2 Å². The lowest BCUT2D eigenvalue weighted by molar-refractivity contribution is 0.540. The van der Waals surface area contributed by atoms with Gasteiger partial charge in [0.25, 0.3) is 0 Å². The molecule has 1 unspecified atom stereocenters. The van der Waals surface area contributed by atoms with Crippen LogP contribution in [0.5, 0.6) is 0 Å². The lowest BCUT2D eigenvalue weighted by atomic mass is 10.1. The number of hydrogen-bond acceptors (Lipinski definition) is 3. The van der Waals surface area contributed by atoms with Crippen LogP contribution in [0.15, 0.2) is 24.3 Å². The maximum absolute atomic E-state index is 12.6. The fourth-order valence-corrected chi connectivity index (χ4v) is 1.47. The second kappa shape index (κ2) is 3.76. The van der Waals surface area contributed by atoms with Crippen molar-refractivity contribution in [2.24, 2.45) is 0 Å². The number of rotatable bonds is 2. The second-order valence-corrected chi connectivity index (χ2v) is 4.51. The Kier molecular flexibility index (Phi) is 2.87. The van der Waals surface area contributed by atoms with Crippen molar-refractivity contribution in [1.29, 1.82) is 5.26 Å². The van der Waals surface area contributed by atoms with Gasteiger partial charge in [0.2, 0.25) is 0 Å². The summed E-state index contributed by atoms with van der Waals surface area (Å²) in [5.74, 6) is 0. The first kappa shape index (κ1) is 10.7. The first-order chi connectivity index (χ1) is 6.45. The minimum atomic E-state index is -4.56. The number of hydrogen-bond donors (Lipinski definition) is 0. The topological polar surface area (TPSA) is 57.9 Å². The molecule has 1 rings (SSSR count). The summed E-state index contributed by atoms with van der Waals surface area (Å²) in [5.41, 5.74) is 0.753. The van der Waals surface area contributed by atoms with Crippen LogP contribution < -0.4 is 0 Å². The zero-order valence-corrected chi connectivity index (χ0v) is 8.25. The summed E-state index contributed by atoms with van der Waals surface area (Å²) in [7, 11) is -4.56. The number of halogens is 1. The van der Waals surface area contributed by atoms with Gasteiger partial charge in [-0.3, -0.25) is 0 Å². The van der Waals surface area contributed by atoms with Gasteiger partial charge in [-0.15, -0.1) is 3.89 Å². The highest BCUT2D eigenvalue weighted by atomic mass is 32.3. The second-order valence-electron chi connectivity index (χ2n) is 2.85. The maximum Gasteiger partial charge on any atom is 0.309 e. The Morgan fingerprint density at radius 2 is 1.86 bits per heavy atom. The Morgan fingerprint density at radius 1 is 1.36 bits per heavy atom. The van der Waals surface area contributed by atoms with Crippen molar-refractivity contribution in [3.8, 4) is 6.07 Å². The quantitative estimate of drug-likeness (QED) is 0.705. The summed E-state index contributed by atoms with van der Waals surface area (Å²) in [4.78, 5) is 0. The molecule has 0 saturated heterocycles. The Labute approximate surface area is 82.0 Å². The lowest BCUT2D eigenvalue weighted by Crippen LogP contribution is -2.03. The molecule has 0 bridgehead atoms. The normalized spacial score (nSPS) is 13.2. The zero-order chi connectivity index (χ0) is 10.8. The predicted molar refractivity (Wildman–Crippen MR) is 49.6 cm³/mol. The van der Waals surface area contributed by atoms with Crippen LogP contribution in [0.25, 0.3) is 0 Å². The molecule has 0 heterocycles. The Bertz CT molecular complexity index is 459. The summed E-state index contributed by atoms with van der Waals surface area (Å²) in [6, 6.07) is 7.66. The van der Waals surface area contributed by atoms with E-state index < -0.39 is 15.5 Å². The molecule has 0 aromatic heterocycles. The summed E-state index contributed by atoms with van der Waals surface area (Å²) >= 11 is 0. The summed E-state index contributed by atoms with van der Waals surface area (Å²) in [6.07, 6.45) is 0. The molecule has 0 spiro atoms. The molecule has 0 aliphatic rings. The molecule has 0 aliphatic heterocycles. The zero-order valence-electron chi connectivity index (χ0n) is 7.44. The number of nitriles is 1. The van der Waals surface area contributed by atoms with Crippen LogP contribution in [0, 0.1) is 11.3 Å². The molecule has 74 valence electrons. The van der Waals surface area contributed by atoms with Gasteiger partial charge >= 0.3 is 10.2 Å². The van der Waals surface area contributed by atoms with Crippen molar-refractivity contribution in [3.63, 3.8) is 0 Å². The first-order valence-corrected chi connectivity index (χ1v) is 5.33. The number of benzene rings is 1. The predicted octanol–water partition coefficient (Wildman–Crippen LogP) is 1.92. The van der Waals surface area contributed by atoms with Crippen LogP contribution in [-0.4, -0.2) is 8.42 Å². The minimum absolute atomic E-state index is 0.339. The molecule has 1 aromatic rings. The van der Waals surface area contributed by atoms with E-state index in [2.05, 4.69) is 0 Å². The molecular formula is C9H8FNO2S. The van der Waals surface area contributed by atoms with Crippen LogP contribution in [-0.2, 0) is 10.2 Å². The largest absolute Gasteiger partial charge is 0.309 e. The van der Waals surface area contributed by atoms with Crippen molar-refractivity contribution < 1.29 is 12.3 Å². The van der Waals surface area contributed by atoms with Gasteiger partial charge in [-0.25, -0.2) is 0 Å². The van der Waals surface area contributed by atoms with Crippen LogP contribution in [0.3, 0.4) is 0 Å². The highest BCUT2D eigenvalue weighted by molar-refractivity contribution is 7.86. The average Bonchev–Trinajstić information content (AvgIpc) is 2.15. The lowest BCUT2D eigenvalue weighted by Gasteiger charge is -2.05. The van der Waals surface area contributed by atoms with Gasteiger partial charge in [-0.1, -0.05) is 12.1 Å². The molecule has 0 fully saturated rings. The Morgan fingerprint density at radius 3 is 2.21 bits per heavy atom. The Hall–Kier alpha value is -1.41. The molecule has 0 amide bonds. The molecule has 3 nitrogen and oxygen atoms in total. The van der Waals surface area contributed by atoms with Gasteiger partial charge in [0.1, 0.15) is 5.25 Å². The molecular weight excluding hydrogens is 205 g/mol. The van der Waals surface area contributed by atoms with E-state index in [1.807, 2.05) is 6.07 Å². The average molecular weight is 213 g/mol. The van der Waals surface area contributed by atoms with Gasteiger partial charge < -0.3 is 0 Å². The standard InChI is InChI=1S/C9H8FNO2S/c1-7(14(10,12)13)9-4-2-8(6-11)3-5-9/h2-5,7H,1H3. The van der Waals surface area contributed by atoms with Gasteiger partial charge in [0.15, 0.2) is 0 Å². The Balaban J connectivity index is 3.06. The van der Waals surface area contributed by atoms with Crippen LogP contribution >= 0.6 is 0 Å². The van der Waals surface area contributed by atoms with Crippen LogP contribution in [0.4, 0.5) is 3.89 Å². The van der Waals surface area contributed by atoms with Gasteiger partial charge in [0, 0.05) is 0 Å². The number of nitrogens with zero attached hydrogens (tertiary/aromatic N) is 1. The van der Waals surface area contributed by atoms with Crippen molar-refractivity contribution in [2.75, 3.05) is 0 Å². The minimum Gasteiger partial charge on any atom is -0.194 e. The molecule has 0 saturated carbocycles. The highest BCUT2D eigenvalue weighted by Gasteiger charge is 2.20. The van der Waals surface area contributed by atoms with E-state index in [0.717, 1.165) is 0 Å². The van der Waals surface area contributed by atoms with Crippen molar-refractivity contribution in [3.05, 3.63) is 35.4 Å². The molecule has 5 heteroatoms. The third kappa shape index (κ3) is 2.30. The summed E-state index contributed by atoms with van der Waals surface area (Å²) in [5, 5.41) is 7.30. The first-order valence-electron chi connectivity index (χ1n) is 3.88. The van der Waals surface area contributed by atoms with E-state index in [4.69, 9.17) is 5.26 Å². The molecule has 0 aliphatic carbocycles. The fraction of sp³-hybridized carbons (Fsp3) is 0.222. The van der Waals surface area contributed by atoms with E-state index in [9.17, 15) is 12.3 Å². The van der Waals surface area contributed by atoms with E-state index in [0.29, 0.717) is 11.1 Å². The maximum atomic E-state index is 12.6. The molecule has 1 aromatic carbocycles. The molecule has 1 atom stereocenters. The van der Waals surface area contributed by atoms with E-state index in [-0.39, 0.29) is 0 Å². The van der Waals surface area contributed by atoms with Gasteiger partial charge in [0.05, 0.1) is 11.6 Å². The monoisotopic (exact) mass is 213 g/mol. The SMILES string of the molecule is CC(c1ccc(C#N)cc1)S(=O)(=O)F. The molecule has 0 radical (unpaired) electrons. The van der Waals surface area contributed by atoms with Crippen molar-refractivity contribution in [2.45, 2.75) is 12.2 Å². The summed E-state index contributed by atoms with van der Waals surface area (Å²) in [6.45, 7) is 1.26. The van der Waals surface area contributed by atoms with Gasteiger partial charge in [-0.05, 0) is 24.6 Å². The van der Waals surface area contributed by atoms with Crippen LogP contribution in [0.1, 0.15) is 23.3 Å². The van der Waals surface area contributed by atoms with Gasteiger partial charge in [-0.2, -0.15) is 13.7 Å². The highest BCUT2D eigenvalue weighted by Crippen LogP contribution is 2.23. The van der Waals surface area contributed by atoms with E-state index in [1.165, 1.54) is 31.2 Å². The smallest absolute Gasteiger partial charge is 0.194 e. The fourth-order valence-electron chi connectivity index (χ4n) is 0.991. The third-order valence-electron chi connectivity index (χ3n) is 1.93. The van der Waals surface area contributed by atoms with Crippen molar-refractivity contribution in [1.82, 2.24) is 0 Å². The van der Waals surface area contributed by atoms with Crippen LogP contribution in [0.2, 0.25) is 0 Å². The summed E-state index contributed by atoms with van der Waals surface area (Å²) < 4.78 is 33.7. The molecule has 0 N–H and O–H groups in total. The third-order valence-corrected chi connectivity index (χ3v) is 3.05. The molecule has 14 heavy (non-hydrogen) atoms. The van der Waals surface area contributed by atoms with E-state index in [1.54, 1.807) is 0 Å².